The molecular formula is C25H26N4O4. The summed E-state index contributed by atoms with van der Waals surface area (Å²) in [6.07, 6.45) is 5.38. The zero-order valence-electron chi connectivity index (χ0n) is 18.5. The summed E-state index contributed by atoms with van der Waals surface area (Å²) >= 11 is 0. The normalized spacial score (nSPS) is 28.5. The lowest BCUT2D eigenvalue weighted by atomic mass is 9.55. The Morgan fingerprint density at radius 3 is 2.61 bits per heavy atom. The zero-order valence-corrected chi connectivity index (χ0v) is 18.5. The molecule has 3 aliphatic heterocycles. The van der Waals surface area contributed by atoms with Crippen LogP contribution in [-0.4, -0.2) is 48.7 Å². The van der Waals surface area contributed by atoms with Gasteiger partial charge in [-0.2, -0.15) is 0 Å². The van der Waals surface area contributed by atoms with Gasteiger partial charge in [-0.1, -0.05) is 18.2 Å². The van der Waals surface area contributed by atoms with E-state index in [1.807, 2.05) is 28.8 Å². The SMILES string of the molecule is CN1[C@@H]2CC3CC1(C3)C[C@@H](n1c(=O)c(-c3cccc(=O)n3CC(=O)O)nc3ccccc31)C2. The highest BCUT2D eigenvalue weighted by atomic mass is 16.4. The molecule has 0 amide bonds. The number of pyridine rings is 1. The van der Waals surface area contributed by atoms with E-state index in [2.05, 4.69) is 16.9 Å². The van der Waals surface area contributed by atoms with Crippen LogP contribution in [0.3, 0.4) is 0 Å². The van der Waals surface area contributed by atoms with Gasteiger partial charge in [-0.05, 0) is 63.3 Å². The highest BCUT2D eigenvalue weighted by Crippen LogP contribution is 2.58. The Hall–Kier alpha value is -3.26. The van der Waals surface area contributed by atoms with Crippen molar-refractivity contribution in [3.8, 4) is 11.4 Å². The molecule has 0 unspecified atom stereocenters. The number of carboxylic acid groups (broad SMARTS) is 1. The summed E-state index contributed by atoms with van der Waals surface area (Å²) in [5.41, 5.74) is 1.25. The molecule has 1 saturated carbocycles. The third-order valence-electron chi connectivity index (χ3n) is 8.14. The minimum atomic E-state index is -1.15. The van der Waals surface area contributed by atoms with Gasteiger partial charge in [0.25, 0.3) is 11.1 Å². The van der Waals surface area contributed by atoms with E-state index in [4.69, 9.17) is 0 Å². The quantitative estimate of drug-likeness (QED) is 0.661. The zero-order chi connectivity index (χ0) is 22.9. The molecule has 1 aromatic carbocycles. The number of benzene rings is 1. The van der Waals surface area contributed by atoms with Gasteiger partial charge in [0.2, 0.25) is 0 Å². The highest BCUT2D eigenvalue weighted by molar-refractivity contribution is 5.78. The summed E-state index contributed by atoms with van der Waals surface area (Å²) in [6.45, 7) is -0.524. The molecule has 1 aliphatic carbocycles. The molecule has 33 heavy (non-hydrogen) atoms. The number of carbonyl (C=O) groups is 1. The second-order valence-corrected chi connectivity index (χ2v) is 9.95. The lowest BCUT2D eigenvalue weighted by Crippen LogP contribution is -2.68. The van der Waals surface area contributed by atoms with Gasteiger partial charge >= 0.3 is 5.97 Å². The van der Waals surface area contributed by atoms with Crippen molar-refractivity contribution >= 4 is 17.0 Å². The van der Waals surface area contributed by atoms with Crippen molar-refractivity contribution in [1.82, 2.24) is 19.0 Å². The minimum Gasteiger partial charge on any atom is -0.480 e. The first-order valence-corrected chi connectivity index (χ1v) is 11.5. The van der Waals surface area contributed by atoms with Crippen molar-refractivity contribution in [1.29, 1.82) is 0 Å². The molecule has 3 saturated heterocycles. The van der Waals surface area contributed by atoms with Crippen molar-refractivity contribution in [2.24, 2.45) is 5.92 Å². The Labute approximate surface area is 190 Å². The number of hydrogen-bond acceptors (Lipinski definition) is 5. The topological polar surface area (TPSA) is 97.4 Å². The maximum absolute atomic E-state index is 14.0. The number of carboxylic acids is 1. The predicted octanol–water partition coefficient (Wildman–Crippen LogP) is 2.50. The molecule has 4 fully saturated rings. The lowest BCUT2D eigenvalue weighted by Gasteiger charge is -2.66. The van der Waals surface area contributed by atoms with Crippen LogP contribution in [0, 0.1) is 5.92 Å². The van der Waals surface area contributed by atoms with Gasteiger partial charge in [-0.25, -0.2) is 4.98 Å². The van der Waals surface area contributed by atoms with E-state index >= 15 is 0 Å². The number of fused-ring (bicyclic) bond motifs is 1. The monoisotopic (exact) mass is 446 g/mol. The molecule has 7 rings (SSSR count). The second kappa shape index (κ2) is 7.12. The maximum atomic E-state index is 14.0. The largest absolute Gasteiger partial charge is 0.480 e. The van der Waals surface area contributed by atoms with Crippen LogP contribution in [0.25, 0.3) is 22.4 Å². The summed E-state index contributed by atoms with van der Waals surface area (Å²) in [4.78, 5) is 45.1. The van der Waals surface area contributed by atoms with Gasteiger partial charge < -0.3 is 9.67 Å². The van der Waals surface area contributed by atoms with Crippen LogP contribution in [0.5, 0.6) is 0 Å². The van der Waals surface area contributed by atoms with E-state index in [1.54, 1.807) is 12.1 Å². The number of nitrogens with zero attached hydrogens (tertiary/aromatic N) is 4. The number of aliphatic carboxylic acids is 1. The third-order valence-corrected chi connectivity index (χ3v) is 8.14. The summed E-state index contributed by atoms with van der Waals surface area (Å²) in [5.74, 6) is -0.337. The van der Waals surface area contributed by atoms with Crippen LogP contribution in [0.15, 0.2) is 52.1 Å². The standard InChI is InChI=1S/C25H26N4O4/c1-27-16-9-15-11-25(27,12-15)13-17(10-16)29-19-6-3-2-5-18(19)26-23(24(29)33)20-7-4-8-21(30)28(20)14-22(31)32/h2-8,15-17H,9-14H2,1H3,(H,31,32)/t15?,16-,17+,25?/m1/s1. The molecule has 5 heterocycles. The summed E-state index contributed by atoms with van der Waals surface area (Å²) < 4.78 is 2.99. The van der Waals surface area contributed by atoms with E-state index < -0.39 is 18.1 Å². The molecule has 8 heteroatoms. The smallest absolute Gasteiger partial charge is 0.323 e. The number of rotatable bonds is 4. The predicted molar refractivity (Wildman–Crippen MR) is 123 cm³/mol. The molecule has 170 valence electrons. The van der Waals surface area contributed by atoms with Crippen molar-refractivity contribution in [3.63, 3.8) is 0 Å². The molecule has 1 N–H and O–H groups in total. The molecule has 1 spiro atoms. The first-order chi connectivity index (χ1) is 15.9. The van der Waals surface area contributed by atoms with Crippen LogP contribution < -0.4 is 11.1 Å². The van der Waals surface area contributed by atoms with Crippen molar-refractivity contribution in [3.05, 3.63) is 63.2 Å². The minimum absolute atomic E-state index is 0.0370. The van der Waals surface area contributed by atoms with Gasteiger partial charge in [-0.3, -0.25) is 23.9 Å². The van der Waals surface area contributed by atoms with E-state index in [-0.39, 0.29) is 28.5 Å². The lowest BCUT2D eigenvalue weighted by molar-refractivity contribution is -0.140. The highest BCUT2D eigenvalue weighted by Gasteiger charge is 2.58. The Morgan fingerprint density at radius 2 is 1.85 bits per heavy atom. The fourth-order valence-corrected chi connectivity index (χ4v) is 6.71. The van der Waals surface area contributed by atoms with E-state index in [0.29, 0.717) is 11.6 Å². The van der Waals surface area contributed by atoms with Gasteiger partial charge in [0.05, 0.1) is 16.7 Å². The average Bonchev–Trinajstić information content (AvgIpc) is 2.73. The molecule has 3 bridgehead atoms. The summed E-state index contributed by atoms with van der Waals surface area (Å²) in [5, 5.41) is 9.34. The van der Waals surface area contributed by atoms with Gasteiger partial charge in [0.15, 0.2) is 5.69 Å². The summed E-state index contributed by atoms with van der Waals surface area (Å²) in [7, 11) is 2.23. The Bertz CT molecular complexity index is 1400. The number of piperidine rings is 3. The Kier molecular flexibility index (Phi) is 4.39. The van der Waals surface area contributed by atoms with E-state index in [1.165, 1.54) is 25.3 Å². The van der Waals surface area contributed by atoms with Crippen molar-refractivity contribution in [2.75, 3.05) is 7.05 Å². The Balaban J connectivity index is 1.56. The van der Waals surface area contributed by atoms with Crippen LogP contribution in [-0.2, 0) is 11.3 Å². The first kappa shape index (κ1) is 20.4. The molecular weight excluding hydrogens is 420 g/mol. The van der Waals surface area contributed by atoms with Crippen LogP contribution in [0.2, 0.25) is 0 Å². The third kappa shape index (κ3) is 3.00. The first-order valence-electron chi connectivity index (χ1n) is 11.5. The molecule has 2 atom stereocenters. The van der Waals surface area contributed by atoms with Crippen molar-refractivity contribution < 1.29 is 9.90 Å². The fourth-order valence-electron chi connectivity index (χ4n) is 6.71. The molecule has 3 aromatic rings. The second-order valence-electron chi connectivity index (χ2n) is 9.95. The van der Waals surface area contributed by atoms with Crippen molar-refractivity contribution in [2.45, 2.75) is 56.3 Å². The average molecular weight is 447 g/mol. The number of para-hydroxylation sites is 2. The van der Waals surface area contributed by atoms with E-state index in [9.17, 15) is 19.5 Å². The van der Waals surface area contributed by atoms with Crippen LogP contribution >= 0.6 is 0 Å². The fraction of sp³-hybridized carbons (Fsp3) is 0.440. The van der Waals surface area contributed by atoms with Crippen LogP contribution in [0.1, 0.15) is 38.1 Å². The van der Waals surface area contributed by atoms with Gasteiger partial charge in [-0.15, -0.1) is 0 Å². The Morgan fingerprint density at radius 1 is 1.06 bits per heavy atom. The van der Waals surface area contributed by atoms with Gasteiger partial charge in [0.1, 0.15) is 6.54 Å². The maximum Gasteiger partial charge on any atom is 0.323 e. The number of hydrogen-bond donors (Lipinski definition) is 1. The van der Waals surface area contributed by atoms with E-state index in [0.717, 1.165) is 28.8 Å². The van der Waals surface area contributed by atoms with Crippen LogP contribution in [0.4, 0.5) is 0 Å². The molecule has 0 radical (unpaired) electrons. The molecule has 4 aliphatic rings. The number of aromatic nitrogens is 3. The van der Waals surface area contributed by atoms with Gasteiger partial charge in [0, 0.05) is 23.7 Å². The molecule has 2 aromatic heterocycles. The molecule has 8 nitrogen and oxygen atoms in total. The summed E-state index contributed by atoms with van der Waals surface area (Å²) in [6, 6.07) is 12.5.